The summed E-state index contributed by atoms with van der Waals surface area (Å²) < 4.78 is 1.92. The van der Waals surface area contributed by atoms with Crippen molar-refractivity contribution in [2.75, 3.05) is 20.2 Å². The second-order valence-corrected chi connectivity index (χ2v) is 5.35. The Morgan fingerprint density at radius 1 is 1.32 bits per heavy atom. The molecule has 0 aliphatic carbocycles. The number of aliphatic hydroxyl groups is 1. The summed E-state index contributed by atoms with van der Waals surface area (Å²) >= 11 is 0. The molecule has 0 spiro atoms. The van der Waals surface area contributed by atoms with E-state index in [0.29, 0.717) is 25.3 Å². The first-order valence-corrected chi connectivity index (χ1v) is 7.13. The number of hydrogen-bond donors (Lipinski definition) is 2. The van der Waals surface area contributed by atoms with Gasteiger partial charge in [0.2, 0.25) is 5.43 Å². The number of aliphatic hydroxyl groups excluding tert-OH is 1. The monoisotopic (exact) mass is 303 g/mol. The summed E-state index contributed by atoms with van der Waals surface area (Å²) in [7, 11) is 1.83. The summed E-state index contributed by atoms with van der Waals surface area (Å²) in [4.78, 5) is 17.7. The van der Waals surface area contributed by atoms with Crippen LogP contribution < -0.4 is 5.43 Å². The van der Waals surface area contributed by atoms with E-state index in [2.05, 4.69) is 4.98 Å². The van der Waals surface area contributed by atoms with Crippen LogP contribution in [0.15, 0.2) is 35.4 Å². The Hall–Kier alpha value is -2.18. The molecule has 0 aliphatic heterocycles. The van der Waals surface area contributed by atoms with E-state index in [0.717, 1.165) is 11.3 Å². The van der Waals surface area contributed by atoms with Crippen LogP contribution in [0.2, 0.25) is 0 Å². The van der Waals surface area contributed by atoms with Crippen molar-refractivity contribution in [3.05, 3.63) is 57.8 Å². The molecule has 0 saturated heterocycles. The van der Waals surface area contributed by atoms with Gasteiger partial charge in [0.05, 0.1) is 12.3 Å². The zero-order valence-electron chi connectivity index (χ0n) is 12.9. The molecule has 2 aromatic heterocycles. The van der Waals surface area contributed by atoms with Gasteiger partial charge in [0.1, 0.15) is 0 Å². The van der Waals surface area contributed by atoms with Crippen LogP contribution in [0.25, 0.3) is 0 Å². The maximum atomic E-state index is 11.9. The molecular formula is C16H21N3O3. The lowest BCUT2D eigenvalue weighted by Crippen LogP contribution is -2.26. The minimum Gasteiger partial charge on any atom is -0.503 e. The molecule has 0 aromatic carbocycles. The lowest BCUT2D eigenvalue weighted by molar-refractivity contribution is 0.212. The van der Waals surface area contributed by atoms with Gasteiger partial charge >= 0.3 is 0 Å². The van der Waals surface area contributed by atoms with Gasteiger partial charge in [-0.1, -0.05) is 0 Å². The van der Waals surface area contributed by atoms with Gasteiger partial charge in [-0.05, 0) is 31.7 Å². The van der Waals surface area contributed by atoms with Gasteiger partial charge in [0, 0.05) is 43.8 Å². The number of aromatic nitrogens is 2. The van der Waals surface area contributed by atoms with Crippen molar-refractivity contribution in [3.8, 4) is 5.75 Å². The van der Waals surface area contributed by atoms with Crippen molar-refractivity contribution < 1.29 is 10.2 Å². The Kier molecular flexibility index (Phi) is 5.30. The van der Waals surface area contributed by atoms with Crippen LogP contribution in [0.1, 0.15) is 17.0 Å². The Labute approximate surface area is 129 Å². The smallest absolute Gasteiger partial charge is 0.223 e. The first-order chi connectivity index (χ1) is 10.5. The van der Waals surface area contributed by atoms with Crippen LogP contribution in [0.4, 0.5) is 0 Å². The number of pyridine rings is 2. The van der Waals surface area contributed by atoms with Crippen molar-refractivity contribution >= 4 is 0 Å². The molecule has 118 valence electrons. The molecule has 0 aliphatic rings. The van der Waals surface area contributed by atoms with E-state index in [-0.39, 0.29) is 17.8 Å². The highest BCUT2D eigenvalue weighted by atomic mass is 16.3. The number of likely N-dealkylation sites (N-methyl/N-ethyl adjacent to an activating group) is 1. The first kappa shape index (κ1) is 16.2. The molecule has 0 unspecified atom stereocenters. The highest BCUT2D eigenvalue weighted by Gasteiger charge is 2.15. The molecule has 2 aromatic rings. The predicted molar refractivity (Wildman–Crippen MR) is 83.9 cm³/mol. The number of aryl methyl sites for hydroxylation is 1. The number of rotatable bonds is 6. The van der Waals surface area contributed by atoms with Crippen LogP contribution in [0.5, 0.6) is 5.75 Å². The summed E-state index contributed by atoms with van der Waals surface area (Å²) in [6.45, 7) is 3.27. The largest absolute Gasteiger partial charge is 0.503 e. The fourth-order valence-corrected chi connectivity index (χ4v) is 2.38. The quantitative estimate of drug-likeness (QED) is 0.822. The number of aromatic hydroxyl groups is 1. The van der Waals surface area contributed by atoms with Crippen molar-refractivity contribution in [2.45, 2.75) is 20.0 Å². The zero-order chi connectivity index (χ0) is 16.1. The van der Waals surface area contributed by atoms with E-state index in [9.17, 15) is 9.90 Å². The predicted octanol–water partition coefficient (Wildman–Crippen LogP) is 0.730. The van der Waals surface area contributed by atoms with Crippen LogP contribution in [0, 0.1) is 6.92 Å². The second kappa shape index (κ2) is 7.20. The van der Waals surface area contributed by atoms with Gasteiger partial charge in [0.15, 0.2) is 5.75 Å². The summed E-state index contributed by atoms with van der Waals surface area (Å²) in [6.07, 6.45) is 3.43. The van der Waals surface area contributed by atoms with Crippen LogP contribution in [-0.2, 0) is 13.1 Å². The summed E-state index contributed by atoms with van der Waals surface area (Å²) in [6, 6.07) is 5.23. The highest BCUT2D eigenvalue weighted by Crippen LogP contribution is 2.18. The molecule has 22 heavy (non-hydrogen) atoms. The Morgan fingerprint density at radius 2 is 2.00 bits per heavy atom. The van der Waals surface area contributed by atoms with E-state index < -0.39 is 0 Å². The third kappa shape index (κ3) is 3.72. The van der Waals surface area contributed by atoms with E-state index in [1.807, 2.05) is 35.6 Å². The number of nitrogens with zero attached hydrogens (tertiary/aromatic N) is 3. The Balaban J connectivity index is 2.42. The van der Waals surface area contributed by atoms with Gasteiger partial charge in [-0.15, -0.1) is 0 Å². The van der Waals surface area contributed by atoms with Crippen molar-refractivity contribution in [3.63, 3.8) is 0 Å². The Bertz CT molecular complexity index is 683. The second-order valence-electron chi connectivity index (χ2n) is 5.35. The molecule has 0 amide bonds. The van der Waals surface area contributed by atoms with E-state index in [4.69, 9.17) is 5.11 Å². The molecule has 2 heterocycles. The van der Waals surface area contributed by atoms with Crippen LogP contribution >= 0.6 is 0 Å². The molecular weight excluding hydrogens is 282 g/mol. The van der Waals surface area contributed by atoms with E-state index in [1.54, 1.807) is 12.4 Å². The van der Waals surface area contributed by atoms with E-state index in [1.165, 1.54) is 6.07 Å². The third-order valence-electron chi connectivity index (χ3n) is 3.59. The molecule has 0 bridgehead atoms. The minimum absolute atomic E-state index is 0.0255. The lowest BCUT2D eigenvalue weighted by atomic mass is 10.2. The fourth-order valence-electron chi connectivity index (χ4n) is 2.38. The summed E-state index contributed by atoms with van der Waals surface area (Å²) in [5.41, 5.74) is 1.99. The average Bonchev–Trinajstić information content (AvgIpc) is 2.50. The fraction of sp³-hybridized carbons (Fsp3) is 0.375. The summed E-state index contributed by atoms with van der Waals surface area (Å²) in [5.74, 6) is -0.232. The first-order valence-electron chi connectivity index (χ1n) is 7.13. The molecule has 6 heteroatoms. The normalized spacial score (nSPS) is 11.1. The molecule has 2 N–H and O–H groups in total. The number of hydrogen-bond acceptors (Lipinski definition) is 5. The van der Waals surface area contributed by atoms with Crippen molar-refractivity contribution in [1.29, 1.82) is 0 Å². The highest BCUT2D eigenvalue weighted by molar-refractivity contribution is 5.31. The maximum Gasteiger partial charge on any atom is 0.223 e. The standard InChI is InChI=1S/C16H21N3O3/c1-12-9-15(21)16(22)14(11-18(2)7-8-20)19(12)10-13-3-5-17-6-4-13/h3-6,9,20,22H,7-8,10-11H2,1-2H3. The molecule has 2 rings (SSSR count). The van der Waals surface area contributed by atoms with E-state index >= 15 is 0 Å². The van der Waals surface area contributed by atoms with Crippen molar-refractivity contribution in [1.82, 2.24) is 14.5 Å². The van der Waals surface area contributed by atoms with Gasteiger partial charge < -0.3 is 14.8 Å². The lowest BCUT2D eigenvalue weighted by Gasteiger charge is -2.22. The van der Waals surface area contributed by atoms with Crippen LogP contribution in [0.3, 0.4) is 0 Å². The molecule has 0 saturated carbocycles. The van der Waals surface area contributed by atoms with Gasteiger partial charge in [-0.3, -0.25) is 14.7 Å². The minimum atomic E-state index is -0.379. The van der Waals surface area contributed by atoms with Crippen molar-refractivity contribution in [2.24, 2.45) is 0 Å². The third-order valence-corrected chi connectivity index (χ3v) is 3.59. The summed E-state index contributed by atoms with van der Waals surface area (Å²) in [5, 5.41) is 19.2. The topological polar surface area (TPSA) is 78.6 Å². The zero-order valence-corrected chi connectivity index (χ0v) is 12.9. The van der Waals surface area contributed by atoms with Gasteiger partial charge in [0.25, 0.3) is 0 Å². The maximum absolute atomic E-state index is 11.9. The Morgan fingerprint density at radius 3 is 2.64 bits per heavy atom. The molecule has 0 fully saturated rings. The molecule has 0 radical (unpaired) electrons. The van der Waals surface area contributed by atoms with Gasteiger partial charge in [-0.25, -0.2) is 0 Å². The van der Waals surface area contributed by atoms with Gasteiger partial charge in [-0.2, -0.15) is 0 Å². The SMILES string of the molecule is Cc1cc(=O)c(O)c(CN(C)CCO)n1Cc1ccncc1. The molecule has 0 atom stereocenters. The molecule has 6 nitrogen and oxygen atoms in total. The van der Waals surface area contributed by atoms with Crippen LogP contribution in [-0.4, -0.2) is 44.9 Å². The average molecular weight is 303 g/mol.